The van der Waals surface area contributed by atoms with Crippen molar-refractivity contribution in [3.05, 3.63) is 71.8 Å². The molecule has 1 aliphatic heterocycles. The lowest BCUT2D eigenvalue weighted by Crippen LogP contribution is -2.34. The van der Waals surface area contributed by atoms with E-state index in [0.29, 0.717) is 18.5 Å². The first-order chi connectivity index (χ1) is 15.5. The third-order valence-corrected chi connectivity index (χ3v) is 5.90. The zero-order valence-electron chi connectivity index (χ0n) is 18.4. The first-order valence-corrected chi connectivity index (χ1v) is 11.2. The van der Waals surface area contributed by atoms with E-state index in [1.165, 1.54) is 0 Å². The molecule has 1 heterocycles. The van der Waals surface area contributed by atoms with Gasteiger partial charge in [-0.05, 0) is 78.7 Å². The fraction of sp³-hybridized carbons (Fsp3) is 0.308. The molecular formula is C26H30N4O2. The third-order valence-electron chi connectivity index (χ3n) is 5.90. The van der Waals surface area contributed by atoms with Gasteiger partial charge in [-0.15, -0.1) is 0 Å². The highest BCUT2D eigenvalue weighted by atomic mass is 16.5. The van der Waals surface area contributed by atoms with E-state index in [-0.39, 0.29) is 17.8 Å². The molecule has 4 N–H and O–H groups in total. The summed E-state index contributed by atoms with van der Waals surface area (Å²) in [4.78, 5) is 14.6. The van der Waals surface area contributed by atoms with E-state index in [1.54, 1.807) is 0 Å². The van der Waals surface area contributed by atoms with Gasteiger partial charge in [0.25, 0.3) is 0 Å². The summed E-state index contributed by atoms with van der Waals surface area (Å²) in [6.45, 7) is 4.33. The molecule has 4 rings (SSSR count). The van der Waals surface area contributed by atoms with Gasteiger partial charge in [-0.3, -0.25) is 10.2 Å². The molecule has 0 radical (unpaired) electrons. The number of amidine groups is 1. The lowest BCUT2D eigenvalue weighted by atomic mass is 10.0. The van der Waals surface area contributed by atoms with Gasteiger partial charge in [0, 0.05) is 17.7 Å². The van der Waals surface area contributed by atoms with Gasteiger partial charge >= 0.3 is 0 Å². The summed E-state index contributed by atoms with van der Waals surface area (Å²) in [6, 6.07) is 19.7. The van der Waals surface area contributed by atoms with Crippen LogP contribution >= 0.6 is 0 Å². The molecule has 6 nitrogen and oxygen atoms in total. The first kappa shape index (κ1) is 21.8. The molecule has 0 bridgehead atoms. The van der Waals surface area contributed by atoms with Gasteiger partial charge in [0.2, 0.25) is 5.91 Å². The zero-order chi connectivity index (χ0) is 22.5. The van der Waals surface area contributed by atoms with Gasteiger partial charge < -0.3 is 20.7 Å². The Morgan fingerprint density at radius 2 is 1.78 bits per heavy atom. The minimum Gasteiger partial charge on any atom is -0.490 e. The Kier molecular flexibility index (Phi) is 6.71. The molecule has 0 aliphatic carbocycles. The van der Waals surface area contributed by atoms with Crippen LogP contribution in [-0.2, 0) is 11.3 Å². The van der Waals surface area contributed by atoms with Crippen molar-refractivity contribution in [2.45, 2.75) is 38.8 Å². The predicted octanol–water partition coefficient (Wildman–Crippen LogP) is 4.20. The van der Waals surface area contributed by atoms with Crippen LogP contribution in [0.2, 0.25) is 0 Å². The Morgan fingerprint density at radius 1 is 1.06 bits per heavy atom. The molecule has 1 fully saturated rings. The Bertz CT molecular complexity index is 1100. The van der Waals surface area contributed by atoms with Crippen LogP contribution in [0.15, 0.2) is 60.7 Å². The first-order valence-electron chi connectivity index (χ1n) is 11.2. The van der Waals surface area contributed by atoms with Crippen LogP contribution < -0.4 is 20.7 Å². The van der Waals surface area contributed by atoms with Crippen LogP contribution in [0.3, 0.4) is 0 Å². The van der Waals surface area contributed by atoms with Gasteiger partial charge in [0.05, 0.1) is 6.54 Å². The molecule has 0 spiro atoms. The number of hydrogen-bond acceptors (Lipinski definition) is 4. The van der Waals surface area contributed by atoms with Crippen LogP contribution in [0, 0.1) is 5.41 Å². The number of nitrogen functional groups attached to an aromatic ring is 1. The number of nitrogens with zero attached hydrogens (tertiary/aromatic N) is 1. The molecule has 166 valence electrons. The van der Waals surface area contributed by atoms with Gasteiger partial charge in [0.1, 0.15) is 17.7 Å². The van der Waals surface area contributed by atoms with Crippen LogP contribution in [-0.4, -0.2) is 30.9 Å². The molecule has 6 heteroatoms. The van der Waals surface area contributed by atoms with E-state index < -0.39 is 0 Å². The Labute approximate surface area is 188 Å². The van der Waals surface area contributed by atoms with Crippen LogP contribution in [0.1, 0.15) is 37.3 Å². The van der Waals surface area contributed by atoms with Crippen molar-refractivity contribution in [2.24, 2.45) is 5.73 Å². The third kappa shape index (κ3) is 5.08. The number of benzene rings is 3. The smallest absolute Gasteiger partial charge is 0.227 e. The average molecular weight is 431 g/mol. The van der Waals surface area contributed by atoms with Crippen molar-refractivity contribution in [1.82, 2.24) is 5.32 Å². The lowest BCUT2D eigenvalue weighted by molar-refractivity contribution is -0.118. The van der Waals surface area contributed by atoms with Crippen molar-refractivity contribution in [1.29, 1.82) is 5.41 Å². The Morgan fingerprint density at radius 3 is 2.47 bits per heavy atom. The van der Waals surface area contributed by atoms with E-state index in [9.17, 15) is 4.79 Å². The fourth-order valence-corrected chi connectivity index (χ4v) is 4.07. The van der Waals surface area contributed by atoms with Crippen molar-refractivity contribution < 1.29 is 9.53 Å². The maximum absolute atomic E-state index is 12.8. The molecule has 3 aromatic rings. The summed E-state index contributed by atoms with van der Waals surface area (Å²) in [7, 11) is 0. The molecule has 1 amide bonds. The van der Waals surface area contributed by atoms with Crippen molar-refractivity contribution >= 4 is 28.2 Å². The summed E-state index contributed by atoms with van der Waals surface area (Å²) in [6.07, 6.45) is 2.69. The summed E-state index contributed by atoms with van der Waals surface area (Å²) < 4.78 is 6.10. The number of hydrogen-bond donors (Lipinski definition) is 3. The summed E-state index contributed by atoms with van der Waals surface area (Å²) in [5.74, 6) is 0.952. The van der Waals surface area contributed by atoms with Crippen LogP contribution in [0.25, 0.3) is 10.8 Å². The molecule has 0 atom stereocenters. The molecule has 32 heavy (non-hydrogen) atoms. The van der Waals surface area contributed by atoms with Crippen molar-refractivity contribution in [3.8, 4) is 5.75 Å². The van der Waals surface area contributed by atoms with E-state index in [4.69, 9.17) is 15.9 Å². The second-order valence-corrected chi connectivity index (χ2v) is 8.20. The number of nitrogens with one attached hydrogen (secondary N) is 2. The topological polar surface area (TPSA) is 91.4 Å². The van der Waals surface area contributed by atoms with Gasteiger partial charge in [0.15, 0.2) is 0 Å². The highest BCUT2D eigenvalue weighted by molar-refractivity contribution is 5.99. The molecule has 0 saturated carbocycles. The summed E-state index contributed by atoms with van der Waals surface area (Å²) in [5.41, 5.74) is 8.22. The average Bonchev–Trinajstić information content (AvgIpc) is 2.83. The van der Waals surface area contributed by atoms with Gasteiger partial charge in [-0.25, -0.2) is 0 Å². The monoisotopic (exact) mass is 430 g/mol. The summed E-state index contributed by atoms with van der Waals surface area (Å²) >= 11 is 0. The molecular weight excluding hydrogens is 400 g/mol. The molecule has 1 saturated heterocycles. The standard InChI is InChI=1S/C26H30N4O2/c1-2-25(31)30(22-7-9-23(10-8-22)32-24-11-13-29-14-12-24)17-18-3-4-19-5-6-20(26(27)28)16-21(19)15-18/h3-10,15-16,24,29H,2,11-14,17H2,1H3,(H3,27,28). The highest BCUT2D eigenvalue weighted by Gasteiger charge is 2.17. The highest BCUT2D eigenvalue weighted by Crippen LogP contribution is 2.25. The SMILES string of the molecule is CCC(=O)N(Cc1ccc2ccc(C(=N)N)cc2c1)c1ccc(OC2CCNCC2)cc1. The molecule has 0 unspecified atom stereocenters. The largest absolute Gasteiger partial charge is 0.490 e. The number of anilines is 1. The summed E-state index contributed by atoms with van der Waals surface area (Å²) in [5, 5.41) is 13.1. The minimum atomic E-state index is 0.0480. The maximum Gasteiger partial charge on any atom is 0.227 e. The van der Waals surface area contributed by atoms with Crippen molar-refractivity contribution in [2.75, 3.05) is 18.0 Å². The Balaban J connectivity index is 1.54. The maximum atomic E-state index is 12.8. The quantitative estimate of drug-likeness (QED) is 0.387. The predicted molar refractivity (Wildman–Crippen MR) is 129 cm³/mol. The van der Waals surface area contributed by atoms with Gasteiger partial charge in [-0.2, -0.15) is 0 Å². The number of piperidine rings is 1. The molecule has 0 aromatic heterocycles. The van der Waals surface area contributed by atoms with E-state index in [2.05, 4.69) is 11.4 Å². The number of fused-ring (bicyclic) bond motifs is 1. The number of rotatable bonds is 7. The van der Waals surface area contributed by atoms with Gasteiger partial charge in [-0.1, -0.05) is 31.2 Å². The van der Waals surface area contributed by atoms with E-state index in [1.807, 2.05) is 66.4 Å². The van der Waals surface area contributed by atoms with E-state index in [0.717, 1.165) is 53.7 Å². The van der Waals surface area contributed by atoms with E-state index >= 15 is 0 Å². The van der Waals surface area contributed by atoms with Crippen LogP contribution in [0.4, 0.5) is 5.69 Å². The fourth-order valence-electron chi connectivity index (χ4n) is 4.07. The number of carbonyl (C=O) groups excluding carboxylic acids is 1. The number of ether oxygens (including phenoxy) is 1. The molecule has 3 aromatic carbocycles. The minimum absolute atomic E-state index is 0.0480. The number of amides is 1. The van der Waals surface area contributed by atoms with Crippen LogP contribution in [0.5, 0.6) is 5.75 Å². The van der Waals surface area contributed by atoms with Crippen molar-refractivity contribution in [3.63, 3.8) is 0 Å². The lowest BCUT2D eigenvalue weighted by Gasteiger charge is -2.25. The molecule has 1 aliphatic rings. The second-order valence-electron chi connectivity index (χ2n) is 8.20. The second kappa shape index (κ2) is 9.83. The zero-order valence-corrected chi connectivity index (χ0v) is 18.4. The normalized spacial score (nSPS) is 14.3. The number of carbonyl (C=O) groups is 1. The Hall–Kier alpha value is -3.38. The number of nitrogens with two attached hydrogens (primary N) is 1.